The Morgan fingerprint density at radius 1 is 1.26 bits per heavy atom. The molecule has 3 heterocycles. The van der Waals surface area contributed by atoms with Crippen molar-refractivity contribution in [3.63, 3.8) is 0 Å². The number of nitrogens with zero attached hydrogens (tertiary/aromatic N) is 3. The molecule has 0 radical (unpaired) electrons. The second kappa shape index (κ2) is 5.72. The van der Waals surface area contributed by atoms with E-state index in [2.05, 4.69) is 11.1 Å². The Morgan fingerprint density at radius 2 is 2.04 bits per heavy atom. The molecule has 1 aliphatic rings. The highest BCUT2D eigenvalue weighted by Gasteiger charge is 2.32. The monoisotopic (exact) mass is 326 g/mol. The third kappa shape index (κ3) is 2.50. The molecule has 0 aliphatic carbocycles. The predicted octanol–water partition coefficient (Wildman–Crippen LogP) is 2.67. The van der Waals surface area contributed by atoms with Crippen LogP contribution in [0.25, 0.3) is 15.3 Å². The van der Waals surface area contributed by atoms with Crippen LogP contribution in [0.5, 0.6) is 0 Å². The van der Waals surface area contributed by atoms with E-state index >= 15 is 0 Å². The van der Waals surface area contributed by atoms with Crippen molar-refractivity contribution in [2.75, 3.05) is 12.0 Å². The lowest BCUT2D eigenvalue weighted by atomic mass is 10.3. The first-order valence-electron chi connectivity index (χ1n) is 7.48. The van der Waals surface area contributed by atoms with Gasteiger partial charge < -0.3 is 4.74 Å². The number of para-hydroxylation sites is 1. The van der Waals surface area contributed by atoms with Crippen molar-refractivity contribution in [3.05, 3.63) is 48.8 Å². The van der Waals surface area contributed by atoms with Gasteiger partial charge in [0.1, 0.15) is 6.23 Å². The fourth-order valence-corrected chi connectivity index (χ4v) is 3.80. The lowest BCUT2D eigenvalue weighted by Crippen LogP contribution is -2.35. The van der Waals surface area contributed by atoms with Gasteiger partial charge in [0.15, 0.2) is 5.52 Å². The normalized spacial score (nSPS) is 18.0. The Balaban J connectivity index is 1.66. The summed E-state index contributed by atoms with van der Waals surface area (Å²) < 4.78 is 8.52. The number of rotatable bonds is 3. The second-order valence-corrected chi connectivity index (χ2v) is 6.43. The van der Waals surface area contributed by atoms with Gasteiger partial charge >= 0.3 is 5.13 Å². The number of aromatic nitrogens is 2. The zero-order valence-corrected chi connectivity index (χ0v) is 13.5. The fraction of sp³-hybridized carbons (Fsp3) is 0.235. The van der Waals surface area contributed by atoms with Gasteiger partial charge in [-0.25, -0.2) is 0 Å². The molecule has 116 valence electrons. The van der Waals surface area contributed by atoms with E-state index in [0.29, 0.717) is 6.42 Å². The maximum Gasteiger partial charge on any atom is 0.388 e. The third-order valence-corrected chi connectivity index (χ3v) is 5.08. The van der Waals surface area contributed by atoms with E-state index in [1.807, 2.05) is 47.3 Å². The number of methoxy groups -OCH3 is 1. The van der Waals surface area contributed by atoms with Crippen LogP contribution in [0.1, 0.15) is 12.8 Å². The molecule has 0 N–H and O–H groups in total. The molecule has 1 unspecified atom stereocenters. The number of benzene rings is 1. The number of hydrogen-bond donors (Lipinski definition) is 0. The Bertz CT molecular complexity index is 827. The standard InChI is InChI=1S/C17H16N3O2S/c1-22-16-7-6-15(21)20(16)12-8-10-19(11-9-12)17-18-13-4-2-3-5-14(13)23-17/h2-5,8-11,16H,6-7H2,1H3/q+1. The van der Waals surface area contributed by atoms with Gasteiger partial charge in [0, 0.05) is 32.1 Å². The highest BCUT2D eigenvalue weighted by Crippen LogP contribution is 2.26. The largest absolute Gasteiger partial charge is 0.388 e. The summed E-state index contributed by atoms with van der Waals surface area (Å²) in [4.78, 5) is 18.4. The average molecular weight is 326 g/mol. The van der Waals surface area contributed by atoms with Crippen molar-refractivity contribution < 1.29 is 14.1 Å². The molecule has 2 aromatic heterocycles. The molecular formula is C17H16N3O2S+. The van der Waals surface area contributed by atoms with Crippen LogP contribution in [0.15, 0.2) is 48.8 Å². The Labute approximate surface area is 137 Å². The lowest BCUT2D eigenvalue weighted by Gasteiger charge is -2.23. The van der Waals surface area contributed by atoms with Crippen LogP contribution in [0, 0.1) is 0 Å². The molecule has 3 aromatic rings. The van der Waals surface area contributed by atoms with Gasteiger partial charge in [0.25, 0.3) is 0 Å². The van der Waals surface area contributed by atoms with Crippen LogP contribution in [0.2, 0.25) is 0 Å². The number of anilines is 1. The van der Waals surface area contributed by atoms with Gasteiger partial charge in [-0.05, 0) is 28.5 Å². The van der Waals surface area contributed by atoms with Crippen molar-refractivity contribution in [3.8, 4) is 5.13 Å². The number of carbonyl (C=O) groups excluding carboxylic acids is 1. The molecular weight excluding hydrogens is 310 g/mol. The van der Waals surface area contributed by atoms with Gasteiger partial charge in [-0.2, -0.15) is 4.57 Å². The molecule has 1 aromatic carbocycles. The van der Waals surface area contributed by atoms with E-state index in [4.69, 9.17) is 4.74 Å². The lowest BCUT2D eigenvalue weighted by molar-refractivity contribution is -0.595. The topological polar surface area (TPSA) is 46.3 Å². The molecule has 1 atom stereocenters. The molecule has 23 heavy (non-hydrogen) atoms. The molecule has 1 fully saturated rings. The number of amides is 1. The van der Waals surface area contributed by atoms with Gasteiger partial charge in [-0.3, -0.25) is 9.69 Å². The maximum atomic E-state index is 12.0. The van der Waals surface area contributed by atoms with E-state index in [1.165, 1.54) is 0 Å². The SMILES string of the molecule is COC1CCC(=O)N1c1cc[n+](-c2nc3ccccc3s2)cc1. The van der Waals surface area contributed by atoms with E-state index in [-0.39, 0.29) is 12.1 Å². The fourth-order valence-electron chi connectivity index (χ4n) is 2.87. The zero-order valence-electron chi connectivity index (χ0n) is 12.7. The molecule has 0 saturated carbocycles. The Morgan fingerprint density at radius 3 is 2.78 bits per heavy atom. The van der Waals surface area contributed by atoms with E-state index in [1.54, 1.807) is 23.3 Å². The number of ether oxygens (including phenoxy) is 1. The number of hydrogen-bond acceptors (Lipinski definition) is 4. The smallest absolute Gasteiger partial charge is 0.361 e. The van der Waals surface area contributed by atoms with Crippen LogP contribution in [-0.2, 0) is 9.53 Å². The number of fused-ring (bicyclic) bond motifs is 1. The van der Waals surface area contributed by atoms with Gasteiger partial charge in [0.05, 0.1) is 22.8 Å². The molecule has 6 heteroatoms. The predicted molar refractivity (Wildman–Crippen MR) is 88.7 cm³/mol. The van der Waals surface area contributed by atoms with Crippen molar-refractivity contribution >= 4 is 33.1 Å². The van der Waals surface area contributed by atoms with Crippen LogP contribution < -0.4 is 9.47 Å². The van der Waals surface area contributed by atoms with Crippen molar-refractivity contribution in [1.29, 1.82) is 0 Å². The summed E-state index contributed by atoms with van der Waals surface area (Å²) >= 11 is 1.64. The first-order chi connectivity index (χ1) is 11.3. The molecule has 0 bridgehead atoms. The van der Waals surface area contributed by atoms with Gasteiger partial charge in [-0.15, -0.1) is 0 Å². The summed E-state index contributed by atoms with van der Waals surface area (Å²) in [6.07, 6.45) is 4.98. The minimum Gasteiger partial charge on any atom is -0.361 e. The third-order valence-electron chi connectivity index (χ3n) is 4.03. The molecule has 4 rings (SSSR count). The zero-order chi connectivity index (χ0) is 15.8. The number of pyridine rings is 1. The highest BCUT2D eigenvalue weighted by molar-refractivity contribution is 7.20. The van der Waals surface area contributed by atoms with Crippen molar-refractivity contribution in [2.24, 2.45) is 0 Å². The van der Waals surface area contributed by atoms with Crippen molar-refractivity contribution in [2.45, 2.75) is 19.1 Å². The van der Waals surface area contributed by atoms with Crippen LogP contribution in [0.3, 0.4) is 0 Å². The first kappa shape index (κ1) is 14.3. The molecule has 5 nitrogen and oxygen atoms in total. The first-order valence-corrected chi connectivity index (χ1v) is 8.30. The quantitative estimate of drug-likeness (QED) is 0.695. The molecule has 1 aliphatic heterocycles. The van der Waals surface area contributed by atoms with E-state index < -0.39 is 0 Å². The summed E-state index contributed by atoms with van der Waals surface area (Å²) in [5, 5.41) is 0.911. The number of carbonyl (C=O) groups is 1. The highest BCUT2D eigenvalue weighted by atomic mass is 32.1. The minimum absolute atomic E-state index is 0.106. The van der Waals surface area contributed by atoms with Crippen LogP contribution in [-0.4, -0.2) is 24.2 Å². The van der Waals surface area contributed by atoms with E-state index in [9.17, 15) is 4.79 Å². The number of thiazole rings is 1. The summed E-state index contributed by atoms with van der Waals surface area (Å²) in [7, 11) is 1.64. The molecule has 1 amide bonds. The Hall–Kier alpha value is -2.31. The molecule has 1 saturated heterocycles. The Kier molecular flexibility index (Phi) is 3.55. The summed E-state index contributed by atoms with van der Waals surface area (Å²) in [6, 6.07) is 11.9. The van der Waals surface area contributed by atoms with Gasteiger partial charge in [-0.1, -0.05) is 12.1 Å². The van der Waals surface area contributed by atoms with E-state index in [0.717, 1.165) is 27.5 Å². The van der Waals surface area contributed by atoms with Crippen LogP contribution >= 0.6 is 11.3 Å². The van der Waals surface area contributed by atoms with Crippen LogP contribution in [0.4, 0.5) is 5.69 Å². The second-order valence-electron chi connectivity index (χ2n) is 5.42. The van der Waals surface area contributed by atoms with Gasteiger partial charge in [0.2, 0.25) is 5.91 Å². The molecule has 0 spiro atoms. The summed E-state index contributed by atoms with van der Waals surface area (Å²) in [5.41, 5.74) is 1.86. The maximum absolute atomic E-state index is 12.0. The van der Waals surface area contributed by atoms with Crippen molar-refractivity contribution in [1.82, 2.24) is 4.98 Å². The summed E-state index contributed by atoms with van der Waals surface area (Å²) in [5.74, 6) is 0.106. The average Bonchev–Trinajstić information content (AvgIpc) is 3.18. The summed E-state index contributed by atoms with van der Waals surface area (Å²) in [6.45, 7) is 0. The minimum atomic E-state index is -0.166.